The number of rotatable bonds is 0. The molecule has 0 aromatic rings. The molecule has 1 spiro atoms. The lowest BCUT2D eigenvalue weighted by atomic mass is 9.80. The molecule has 76 valence electrons. The fraction of sp³-hybridized carbons (Fsp3) is 1.00. The Morgan fingerprint density at radius 3 is 2.46 bits per heavy atom. The summed E-state index contributed by atoms with van der Waals surface area (Å²) >= 11 is 0. The lowest BCUT2D eigenvalue weighted by molar-refractivity contribution is -0.239. The number of hydrogen-bond acceptors (Lipinski definition) is 4. The first-order chi connectivity index (χ1) is 6.04. The van der Waals surface area contributed by atoms with E-state index in [2.05, 4.69) is 0 Å². The SMILES string of the molecule is C[C@@]1(O)CC2(CC[C@@H]1O)OCCO2. The Balaban J connectivity index is 2.10. The highest BCUT2D eigenvalue weighted by molar-refractivity contribution is 4.95. The van der Waals surface area contributed by atoms with E-state index in [0.717, 1.165) is 0 Å². The van der Waals surface area contributed by atoms with E-state index in [1.807, 2.05) is 0 Å². The van der Waals surface area contributed by atoms with Gasteiger partial charge in [-0.1, -0.05) is 0 Å². The molecule has 0 radical (unpaired) electrons. The maximum absolute atomic E-state index is 9.86. The molecule has 1 heterocycles. The molecule has 2 atom stereocenters. The van der Waals surface area contributed by atoms with Crippen molar-refractivity contribution in [1.29, 1.82) is 0 Å². The van der Waals surface area contributed by atoms with Crippen LogP contribution in [-0.4, -0.2) is 40.9 Å². The summed E-state index contributed by atoms with van der Waals surface area (Å²) in [5, 5.41) is 19.4. The first-order valence-electron chi connectivity index (χ1n) is 4.72. The minimum atomic E-state index is -1.08. The maximum atomic E-state index is 9.86. The van der Waals surface area contributed by atoms with Crippen molar-refractivity contribution < 1.29 is 19.7 Å². The van der Waals surface area contributed by atoms with Crippen LogP contribution >= 0.6 is 0 Å². The molecule has 1 saturated heterocycles. The molecule has 0 unspecified atom stereocenters. The first kappa shape index (κ1) is 9.40. The van der Waals surface area contributed by atoms with Crippen LogP contribution in [0.3, 0.4) is 0 Å². The van der Waals surface area contributed by atoms with Gasteiger partial charge in [-0.3, -0.25) is 0 Å². The molecule has 1 saturated carbocycles. The van der Waals surface area contributed by atoms with Crippen molar-refractivity contribution in [3.63, 3.8) is 0 Å². The molecule has 1 aliphatic heterocycles. The van der Waals surface area contributed by atoms with Gasteiger partial charge in [0.15, 0.2) is 5.79 Å². The summed E-state index contributed by atoms with van der Waals surface area (Å²) in [6.45, 7) is 2.81. The van der Waals surface area contributed by atoms with Gasteiger partial charge in [0, 0.05) is 12.8 Å². The monoisotopic (exact) mass is 188 g/mol. The van der Waals surface area contributed by atoms with Gasteiger partial charge in [0.2, 0.25) is 0 Å². The van der Waals surface area contributed by atoms with Gasteiger partial charge in [0.1, 0.15) is 0 Å². The first-order valence-corrected chi connectivity index (χ1v) is 4.72. The Kier molecular flexibility index (Phi) is 2.11. The lowest BCUT2D eigenvalue weighted by Crippen LogP contribution is -2.52. The maximum Gasteiger partial charge on any atom is 0.171 e. The van der Waals surface area contributed by atoms with E-state index >= 15 is 0 Å². The summed E-state index contributed by atoms with van der Waals surface area (Å²) < 4.78 is 10.9. The summed E-state index contributed by atoms with van der Waals surface area (Å²) in [5.41, 5.74) is -1.08. The fourth-order valence-corrected chi connectivity index (χ4v) is 2.16. The van der Waals surface area contributed by atoms with Crippen LogP contribution < -0.4 is 0 Å². The Morgan fingerprint density at radius 2 is 1.92 bits per heavy atom. The normalized spacial score (nSPS) is 44.1. The molecule has 0 amide bonds. The van der Waals surface area contributed by atoms with Crippen LogP contribution in [0.4, 0.5) is 0 Å². The second kappa shape index (κ2) is 2.92. The summed E-state index contributed by atoms with van der Waals surface area (Å²) in [6.07, 6.45) is 0.907. The Labute approximate surface area is 77.5 Å². The van der Waals surface area contributed by atoms with E-state index in [9.17, 15) is 10.2 Å². The van der Waals surface area contributed by atoms with Crippen LogP contribution in [0.5, 0.6) is 0 Å². The Hall–Kier alpha value is -0.160. The second-order valence-corrected chi connectivity index (χ2v) is 4.20. The van der Waals surface area contributed by atoms with Crippen molar-refractivity contribution in [1.82, 2.24) is 0 Å². The van der Waals surface area contributed by atoms with E-state index < -0.39 is 17.5 Å². The zero-order valence-electron chi connectivity index (χ0n) is 7.82. The van der Waals surface area contributed by atoms with Crippen LogP contribution in [0.2, 0.25) is 0 Å². The van der Waals surface area contributed by atoms with Crippen LogP contribution in [-0.2, 0) is 9.47 Å². The Morgan fingerprint density at radius 1 is 1.31 bits per heavy atom. The van der Waals surface area contributed by atoms with Crippen molar-refractivity contribution >= 4 is 0 Å². The summed E-state index contributed by atoms with van der Waals surface area (Å²) in [7, 11) is 0. The highest BCUT2D eigenvalue weighted by Gasteiger charge is 2.49. The van der Waals surface area contributed by atoms with Gasteiger partial charge in [0.05, 0.1) is 24.9 Å². The molecular formula is C9H16O4. The third-order valence-corrected chi connectivity index (χ3v) is 2.96. The van der Waals surface area contributed by atoms with Crippen molar-refractivity contribution in [2.24, 2.45) is 0 Å². The topological polar surface area (TPSA) is 58.9 Å². The molecule has 4 nitrogen and oxygen atoms in total. The van der Waals surface area contributed by atoms with Gasteiger partial charge in [0.25, 0.3) is 0 Å². The third-order valence-electron chi connectivity index (χ3n) is 2.96. The van der Waals surface area contributed by atoms with Gasteiger partial charge in [-0.25, -0.2) is 0 Å². The van der Waals surface area contributed by atoms with Crippen LogP contribution in [0, 0.1) is 0 Å². The molecule has 13 heavy (non-hydrogen) atoms. The quantitative estimate of drug-likeness (QED) is 0.563. The molecule has 1 aliphatic carbocycles. The highest BCUT2D eigenvalue weighted by Crippen LogP contribution is 2.40. The standard InChI is InChI=1S/C9H16O4/c1-8(11)6-9(3-2-7(8)10)12-4-5-13-9/h7,10-11H,2-6H2,1H3/t7-,8+/m0/s1. The van der Waals surface area contributed by atoms with Crippen LogP contribution in [0.25, 0.3) is 0 Å². The van der Waals surface area contributed by atoms with Gasteiger partial charge in [-0.15, -0.1) is 0 Å². The largest absolute Gasteiger partial charge is 0.390 e. The lowest BCUT2D eigenvalue weighted by Gasteiger charge is -2.42. The predicted octanol–water partition coefficient (Wildman–Crippen LogP) is 0.0253. The minimum Gasteiger partial charge on any atom is -0.390 e. The number of aliphatic hydroxyl groups excluding tert-OH is 1. The van der Waals surface area contributed by atoms with Crippen molar-refractivity contribution in [3.05, 3.63) is 0 Å². The molecule has 4 heteroatoms. The van der Waals surface area contributed by atoms with E-state index in [0.29, 0.717) is 32.5 Å². The molecule has 2 aliphatic rings. The smallest absolute Gasteiger partial charge is 0.171 e. The minimum absolute atomic E-state index is 0.362. The van der Waals surface area contributed by atoms with E-state index in [4.69, 9.17) is 9.47 Å². The molecule has 2 rings (SSSR count). The fourth-order valence-electron chi connectivity index (χ4n) is 2.16. The second-order valence-electron chi connectivity index (χ2n) is 4.20. The van der Waals surface area contributed by atoms with Gasteiger partial charge < -0.3 is 19.7 Å². The van der Waals surface area contributed by atoms with Gasteiger partial charge in [-0.05, 0) is 13.3 Å². The summed E-state index contributed by atoms with van der Waals surface area (Å²) in [4.78, 5) is 0. The molecule has 2 fully saturated rings. The molecule has 0 aromatic heterocycles. The van der Waals surface area contributed by atoms with Gasteiger partial charge >= 0.3 is 0 Å². The van der Waals surface area contributed by atoms with E-state index in [1.165, 1.54) is 0 Å². The zero-order chi connectivity index (χ0) is 9.53. The summed E-state index contributed by atoms with van der Waals surface area (Å²) in [5.74, 6) is -0.622. The van der Waals surface area contributed by atoms with Crippen LogP contribution in [0.15, 0.2) is 0 Å². The Bertz CT molecular complexity index is 196. The van der Waals surface area contributed by atoms with Crippen molar-refractivity contribution in [3.8, 4) is 0 Å². The molecule has 0 aromatic carbocycles. The third kappa shape index (κ3) is 1.59. The predicted molar refractivity (Wildman–Crippen MR) is 45.1 cm³/mol. The average Bonchev–Trinajstić information content (AvgIpc) is 2.46. The summed E-state index contributed by atoms with van der Waals surface area (Å²) in [6, 6.07) is 0. The number of hydrogen-bond donors (Lipinski definition) is 2. The molecule has 2 N–H and O–H groups in total. The molecule has 0 bridgehead atoms. The average molecular weight is 188 g/mol. The van der Waals surface area contributed by atoms with Crippen molar-refractivity contribution in [2.75, 3.05) is 13.2 Å². The van der Waals surface area contributed by atoms with Gasteiger partial charge in [-0.2, -0.15) is 0 Å². The van der Waals surface area contributed by atoms with Crippen molar-refractivity contribution in [2.45, 2.75) is 43.7 Å². The van der Waals surface area contributed by atoms with Crippen LogP contribution in [0.1, 0.15) is 26.2 Å². The number of ether oxygens (including phenoxy) is 2. The van der Waals surface area contributed by atoms with E-state index in [1.54, 1.807) is 6.92 Å². The van der Waals surface area contributed by atoms with E-state index in [-0.39, 0.29) is 0 Å². The molecular weight excluding hydrogens is 172 g/mol. The number of aliphatic hydroxyl groups is 2. The highest BCUT2D eigenvalue weighted by atomic mass is 16.7. The zero-order valence-corrected chi connectivity index (χ0v) is 7.82.